The van der Waals surface area contributed by atoms with Gasteiger partial charge in [-0.25, -0.2) is 4.98 Å². The summed E-state index contributed by atoms with van der Waals surface area (Å²) in [7, 11) is 0. The predicted molar refractivity (Wildman–Crippen MR) is 89.0 cm³/mol. The summed E-state index contributed by atoms with van der Waals surface area (Å²) < 4.78 is 5.46. The molecule has 0 bridgehead atoms. The molecule has 1 aliphatic carbocycles. The number of amides is 1. The number of aromatic nitrogens is 1. The number of oxazole rings is 1. The number of aliphatic carboxylic acids is 1. The van der Waals surface area contributed by atoms with Crippen LogP contribution in [-0.4, -0.2) is 23.4 Å². The summed E-state index contributed by atoms with van der Waals surface area (Å²) in [6.07, 6.45) is 2.10. The molecule has 1 N–H and O–H groups in total. The summed E-state index contributed by atoms with van der Waals surface area (Å²) in [6, 6.07) is 9.57. The molecule has 7 heteroatoms. The van der Waals surface area contributed by atoms with Gasteiger partial charge in [0, 0.05) is 36.3 Å². The van der Waals surface area contributed by atoms with E-state index in [9.17, 15) is 14.7 Å². The number of carboxylic acid groups (broad SMARTS) is 1. The third-order valence-corrected chi connectivity index (χ3v) is 5.18. The fourth-order valence-electron chi connectivity index (χ4n) is 3.49. The molecular weight excluding hydrogens is 343 g/mol. The van der Waals surface area contributed by atoms with Gasteiger partial charge in [0.05, 0.1) is 5.69 Å². The van der Waals surface area contributed by atoms with Crippen LogP contribution >= 0.6 is 0 Å². The molecular formula is C19H21N2NaO4. The van der Waals surface area contributed by atoms with E-state index in [0.717, 1.165) is 11.3 Å². The van der Waals surface area contributed by atoms with E-state index in [1.807, 2.05) is 44.2 Å². The van der Waals surface area contributed by atoms with Crippen molar-refractivity contribution >= 4 is 11.9 Å². The normalized spacial score (nSPS) is 24.2. The maximum atomic E-state index is 12.3. The van der Waals surface area contributed by atoms with E-state index in [-0.39, 0.29) is 47.3 Å². The first-order chi connectivity index (χ1) is 12.0. The Morgan fingerprint density at radius 3 is 2.46 bits per heavy atom. The smallest absolute Gasteiger partial charge is 0.550 e. The molecule has 1 aromatic carbocycles. The van der Waals surface area contributed by atoms with Crippen molar-refractivity contribution in [1.29, 1.82) is 0 Å². The van der Waals surface area contributed by atoms with Crippen molar-refractivity contribution in [3.63, 3.8) is 0 Å². The van der Waals surface area contributed by atoms with Crippen LogP contribution < -0.4 is 40.0 Å². The Bertz CT molecular complexity index is 762. The summed E-state index contributed by atoms with van der Waals surface area (Å²) in [5.74, 6) is -2.05. The number of carbonyl (C=O) groups excluding carboxylic acids is 2. The van der Waals surface area contributed by atoms with E-state index < -0.39 is 17.8 Å². The topological polar surface area (TPSA) is 95.3 Å². The molecule has 3 rings (SSSR count). The Morgan fingerprint density at radius 1 is 1.15 bits per heavy atom. The third kappa shape index (κ3) is 4.19. The zero-order valence-electron chi connectivity index (χ0n) is 15.3. The molecule has 2 unspecified atom stereocenters. The summed E-state index contributed by atoms with van der Waals surface area (Å²) >= 11 is 0. The summed E-state index contributed by atoms with van der Waals surface area (Å²) in [4.78, 5) is 27.8. The molecule has 0 saturated heterocycles. The van der Waals surface area contributed by atoms with Crippen molar-refractivity contribution in [2.45, 2.75) is 20.3 Å². The fourth-order valence-corrected chi connectivity index (χ4v) is 3.49. The Balaban J connectivity index is 0.00000243. The van der Waals surface area contributed by atoms with Crippen molar-refractivity contribution in [2.75, 3.05) is 6.54 Å². The standard InChI is InChI=1S/C19H22N2O4.Na/c1-11-12(2)16(19(23)24)15(11)17(22)20-9-8-14-10-25-18(21-14)13-6-4-3-5-7-13;/h3-7,10-12,15-16H,8-9H2,1-2H3,(H,20,22)(H,23,24);/q;+1/p-1/t11?,12?,15-,16+;/m0./s1. The van der Waals surface area contributed by atoms with Crippen LogP contribution in [0.2, 0.25) is 0 Å². The molecule has 0 spiro atoms. The predicted octanol–water partition coefficient (Wildman–Crippen LogP) is -1.73. The largest absolute Gasteiger partial charge is 1.00 e. The van der Waals surface area contributed by atoms with Crippen molar-refractivity contribution in [3.05, 3.63) is 42.3 Å². The van der Waals surface area contributed by atoms with Crippen LogP contribution in [0, 0.1) is 23.7 Å². The minimum atomic E-state index is -1.14. The van der Waals surface area contributed by atoms with Crippen molar-refractivity contribution < 1.29 is 48.7 Å². The van der Waals surface area contributed by atoms with Crippen molar-refractivity contribution in [1.82, 2.24) is 10.3 Å². The van der Waals surface area contributed by atoms with Gasteiger partial charge < -0.3 is 19.6 Å². The molecule has 1 fully saturated rings. The van der Waals surface area contributed by atoms with Crippen LogP contribution in [0.3, 0.4) is 0 Å². The number of carbonyl (C=O) groups is 2. The van der Waals surface area contributed by atoms with Gasteiger partial charge in [0.2, 0.25) is 11.8 Å². The average molecular weight is 364 g/mol. The van der Waals surface area contributed by atoms with Crippen LogP contribution in [0.25, 0.3) is 11.5 Å². The van der Waals surface area contributed by atoms with E-state index in [1.165, 1.54) is 0 Å². The fraction of sp³-hybridized carbons (Fsp3) is 0.421. The van der Waals surface area contributed by atoms with E-state index in [0.29, 0.717) is 18.9 Å². The molecule has 0 radical (unpaired) electrons. The molecule has 1 amide bonds. The van der Waals surface area contributed by atoms with Crippen LogP contribution in [0.1, 0.15) is 19.5 Å². The Labute approximate surface area is 174 Å². The molecule has 1 aliphatic rings. The molecule has 6 nitrogen and oxygen atoms in total. The van der Waals surface area contributed by atoms with Crippen molar-refractivity contribution in [2.24, 2.45) is 23.7 Å². The van der Waals surface area contributed by atoms with Gasteiger partial charge >= 0.3 is 29.6 Å². The van der Waals surface area contributed by atoms with Gasteiger partial charge in [-0.05, 0) is 24.0 Å². The number of nitrogens with zero attached hydrogens (tertiary/aromatic N) is 1. The second kappa shape index (κ2) is 8.84. The number of nitrogens with one attached hydrogen (secondary N) is 1. The second-order valence-corrected chi connectivity index (χ2v) is 6.64. The molecule has 1 heterocycles. The summed E-state index contributed by atoms with van der Waals surface area (Å²) in [5, 5.41) is 14.0. The van der Waals surface area contributed by atoms with E-state index in [1.54, 1.807) is 6.26 Å². The van der Waals surface area contributed by atoms with Crippen LogP contribution in [0.4, 0.5) is 0 Å². The van der Waals surface area contributed by atoms with Crippen molar-refractivity contribution in [3.8, 4) is 11.5 Å². The maximum Gasteiger partial charge on any atom is 1.00 e. The minimum absolute atomic E-state index is 0. The van der Waals surface area contributed by atoms with Gasteiger partial charge in [-0.2, -0.15) is 0 Å². The molecule has 2 aromatic rings. The van der Waals surface area contributed by atoms with Gasteiger partial charge in [-0.3, -0.25) is 4.79 Å². The average Bonchev–Trinajstić information content (AvgIpc) is 3.07. The zero-order chi connectivity index (χ0) is 18.0. The molecule has 26 heavy (non-hydrogen) atoms. The maximum absolute atomic E-state index is 12.3. The second-order valence-electron chi connectivity index (χ2n) is 6.64. The number of carboxylic acids is 1. The number of hydrogen-bond acceptors (Lipinski definition) is 5. The first-order valence-corrected chi connectivity index (χ1v) is 8.47. The molecule has 132 valence electrons. The van der Waals surface area contributed by atoms with E-state index >= 15 is 0 Å². The van der Waals surface area contributed by atoms with Crippen LogP contribution in [-0.2, 0) is 16.0 Å². The Kier molecular flexibility index (Phi) is 7.03. The third-order valence-electron chi connectivity index (χ3n) is 5.18. The Hall–Kier alpha value is -1.63. The SMILES string of the molecule is CC1C(C)[C@H](C(=O)NCCc2coc(-c3ccccc3)n2)[C@@H]1C(=O)[O-].[Na+]. The quantitative estimate of drug-likeness (QED) is 0.615. The first kappa shape index (κ1) is 20.7. The first-order valence-electron chi connectivity index (χ1n) is 8.47. The zero-order valence-corrected chi connectivity index (χ0v) is 17.3. The van der Waals surface area contributed by atoms with E-state index in [4.69, 9.17) is 4.42 Å². The van der Waals surface area contributed by atoms with Crippen LogP contribution in [0.5, 0.6) is 0 Å². The van der Waals surface area contributed by atoms with Gasteiger partial charge in [0.1, 0.15) is 6.26 Å². The van der Waals surface area contributed by atoms with Crippen LogP contribution in [0.15, 0.2) is 41.0 Å². The molecule has 0 aliphatic heterocycles. The number of rotatable bonds is 6. The molecule has 1 saturated carbocycles. The van der Waals surface area contributed by atoms with Gasteiger partial charge in [-0.15, -0.1) is 0 Å². The summed E-state index contributed by atoms with van der Waals surface area (Å²) in [5.41, 5.74) is 1.64. The molecule has 4 atom stereocenters. The Morgan fingerprint density at radius 2 is 1.81 bits per heavy atom. The van der Waals surface area contributed by atoms with Gasteiger partial charge in [0.15, 0.2) is 0 Å². The summed E-state index contributed by atoms with van der Waals surface area (Å²) in [6.45, 7) is 4.13. The van der Waals surface area contributed by atoms with Gasteiger partial charge in [-0.1, -0.05) is 32.0 Å². The monoisotopic (exact) mass is 364 g/mol. The van der Waals surface area contributed by atoms with E-state index in [2.05, 4.69) is 10.3 Å². The number of benzene rings is 1. The molecule has 1 aromatic heterocycles. The van der Waals surface area contributed by atoms with Gasteiger partial charge in [0.25, 0.3) is 0 Å². The minimum Gasteiger partial charge on any atom is -0.550 e. The number of hydrogen-bond donors (Lipinski definition) is 1.